The third-order valence-electron chi connectivity index (χ3n) is 4.92. The molecule has 1 fully saturated rings. The van der Waals surface area contributed by atoms with Crippen molar-refractivity contribution in [3.8, 4) is 11.5 Å². The van der Waals surface area contributed by atoms with E-state index in [9.17, 15) is 14.7 Å². The second kappa shape index (κ2) is 10.6. The fourth-order valence-electron chi connectivity index (χ4n) is 3.31. The number of methoxy groups -OCH3 is 1. The van der Waals surface area contributed by atoms with E-state index in [1.807, 2.05) is 36.4 Å². The molecule has 1 N–H and O–H groups in total. The van der Waals surface area contributed by atoms with Crippen LogP contribution in [0, 0.1) is 3.57 Å². The van der Waals surface area contributed by atoms with Gasteiger partial charge in [-0.3, -0.25) is 9.69 Å². The molecule has 0 bridgehead atoms. The number of anilines is 1. The molecular weight excluding hydrogens is 585 g/mol. The Morgan fingerprint density at radius 2 is 1.91 bits per heavy atom. The number of carboxylic acid groups (broad SMARTS) is 1. The lowest BCUT2D eigenvalue weighted by atomic mass is 10.1. The summed E-state index contributed by atoms with van der Waals surface area (Å²) in [4.78, 5) is 26.2. The molecule has 1 saturated heterocycles. The first kappa shape index (κ1) is 24.2. The summed E-state index contributed by atoms with van der Waals surface area (Å²) in [6, 6.07) is 19.7. The molecule has 0 spiro atoms. The van der Waals surface area contributed by atoms with Crippen molar-refractivity contribution in [2.24, 2.45) is 0 Å². The first-order chi connectivity index (χ1) is 16.4. The van der Waals surface area contributed by atoms with Crippen LogP contribution in [0.15, 0.2) is 71.6 Å². The lowest BCUT2D eigenvalue weighted by molar-refractivity contribution is -0.113. The minimum atomic E-state index is -1.07. The van der Waals surface area contributed by atoms with E-state index in [0.717, 1.165) is 26.5 Å². The second-order valence-corrected chi connectivity index (χ2v) is 10.0. The van der Waals surface area contributed by atoms with Crippen LogP contribution in [-0.4, -0.2) is 28.4 Å². The SMILES string of the molecule is COc1cc(/C=C2/SC(=S)N(c3cccc(C(=O)O)c3)C2=O)cc(I)c1OCc1ccccc1. The van der Waals surface area contributed by atoms with E-state index in [4.69, 9.17) is 21.7 Å². The Morgan fingerprint density at radius 1 is 1.15 bits per heavy atom. The van der Waals surface area contributed by atoms with Crippen LogP contribution in [0.3, 0.4) is 0 Å². The average Bonchev–Trinajstić information content (AvgIpc) is 3.11. The number of ether oxygens (including phenoxy) is 2. The normalized spacial score (nSPS) is 14.5. The number of carboxylic acids is 1. The molecule has 3 aromatic rings. The number of thiocarbonyl (C=S) groups is 1. The number of rotatable bonds is 7. The number of benzene rings is 3. The molecule has 3 aromatic carbocycles. The molecule has 0 saturated carbocycles. The van der Waals surface area contributed by atoms with Crippen LogP contribution in [0.25, 0.3) is 6.08 Å². The number of amides is 1. The largest absolute Gasteiger partial charge is 0.493 e. The summed E-state index contributed by atoms with van der Waals surface area (Å²) in [7, 11) is 1.57. The van der Waals surface area contributed by atoms with E-state index in [2.05, 4.69) is 22.6 Å². The van der Waals surface area contributed by atoms with Crippen molar-refractivity contribution < 1.29 is 24.2 Å². The van der Waals surface area contributed by atoms with Crippen LogP contribution in [0.1, 0.15) is 21.5 Å². The van der Waals surface area contributed by atoms with Crippen molar-refractivity contribution in [2.45, 2.75) is 6.61 Å². The average molecular weight is 603 g/mol. The lowest BCUT2D eigenvalue weighted by Gasteiger charge is -2.15. The van der Waals surface area contributed by atoms with Gasteiger partial charge in [0.05, 0.1) is 26.8 Å². The van der Waals surface area contributed by atoms with Gasteiger partial charge >= 0.3 is 5.97 Å². The highest BCUT2D eigenvalue weighted by atomic mass is 127. The van der Waals surface area contributed by atoms with Crippen molar-refractivity contribution in [2.75, 3.05) is 12.0 Å². The van der Waals surface area contributed by atoms with Gasteiger partial charge in [0.1, 0.15) is 6.61 Å². The van der Waals surface area contributed by atoms with Crippen molar-refractivity contribution in [1.29, 1.82) is 0 Å². The van der Waals surface area contributed by atoms with Gasteiger partial charge in [-0.05, 0) is 70.1 Å². The molecule has 0 aromatic heterocycles. The molecule has 34 heavy (non-hydrogen) atoms. The smallest absolute Gasteiger partial charge is 0.335 e. The van der Waals surface area contributed by atoms with Crippen LogP contribution in [-0.2, 0) is 11.4 Å². The Bertz CT molecular complexity index is 1310. The minimum Gasteiger partial charge on any atom is -0.493 e. The van der Waals surface area contributed by atoms with Crippen molar-refractivity contribution in [3.05, 3.63) is 91.9 Å². The third kappa shape index (κ3) is 5.26. The van der Waals surface area contributed by atoms with Crippen molar-refractivity contribution in [1.82, 2.24) is 0 Å². The van der Waals surface area contributed by atoms with Gasteiger partial charge in [-0.25, -0.2) is 4.79 Å². The number of hydrogen-bond donors (Lipinski definition) is 1. The molecule has 6 nitrogen and oxygen atoms in total. The minimum absolute atomic E-state index is 0.0842. The highest BCUT2D eigenvalue weighted by molar-refractivity contribution is 14.1. The zero-order valence-corrected chi connectivity index (χ0v) is 21.6. The number of thioether (sulfide) groups is 1. The molecule has 1 amide bonds. The molecule has 0 atom stereocenters. The van der Waals surface area contributed by atoms with Gasteiger partial charge in [0.2, 0.25) is 0 Å². The monoisotopic (exact) mass is 603 g/mol. The third-order valence-corrected chi connectivity index (χ3v) is 7.02. The molecule has 9 heteroatoms. The highest BCUT2D eigenvalue weighted by Gasteiger charge is 2.33. The Hall–Kier alpha value is -2.89. The van der Waals surface area contributed by atoms with Crippen LogP contribution in [0.2, 0.25) is 0 Å². The maximum absolute atomic E-state index is 13.1. The molecule has 1 aliphatic heterocycles. The summed E-state index contributed by atoms with van der Waals surface area (Å²) in [5, 5.41) is 9.26. The molecule has 1 aliphatic rings. The van der Waals surface area contributed by atoms with E-state index < -0.39 is 5.97 Å². The Balaban J connectivity index is 1.59. The zero-order valence-electron chi connectivity index (χ0n) is 17.9. The van der Waals surface area contributed by atoms with Gasteiger partial charge in [0.15, 0.2) is 15.8 Å². The Morgan fingerprint density at radius 3 is 2.62 bits per heavy atom. The van der Waals surface area contributed by atoms with Crippen molar-refractivity contribution in [3.63, 3.8) is 0 Å². The van der Waals surface area contributed by atoms with Gasteiger partial charge in [0.25, 0.3) is 5.91 Å². The van der Waals surface area contributed by atoms with Crippen molar-refractivity contribution >= 4 is 74.5 Å². The summed E-state index contributed by atoms with van der Waals surface area (Å²) < 4.78 is 12.7. The predicted octanol–water partition coefficient (Wildman–Crippen LogP) is 5.98. The zero-order chi connectivity index (χ0) is 24.2. The van der Waals surface area contributed by atoms with Gasteiger partial charge in [-0.2, -0.15) is 0 Å². The van der Waals surface area contributed by atoms with E-state index in [1.54, 1.807) is 31.4 Å². The molecule has 0 radical (unpaired) electrons. The molecular formula is C25H18INO5S2. The molecule has 0 aliphatic carbocycles. The number of halogens is 1. The number of nitrogens with zero attached hydrogens (tertiary/aromatic N) is 1. The number of hydrogen-bond acceptors (Lipinski definition) is 6. The molecule has 4 rings (SSSR count). The number of aromatic carboxylic acids is 1. The van der Waals surface area contributed by atoms with Crippen LogP contribution in [0.5, 0.6) is 11.5 Å². The number of carbonyl (C=O) groups excluding carboxylic acids is 1. The quantitative estimate of drug-likeness (QED) is 0.202. The van der Waals surface area contributed by atoms with Crippen LogP contribution >= 0.6 is 46.6 Å². The van der Waals surface area contributed by atoms with Gasteiger partial charge < -0.3 is 14.6 Å². The first-order valence-electron chi connectivity index (χ1n) is 10.0. The molecule has 0 unspecified atom stereocenters. The fourth-order valence-corrected chi connectivity index (χ4v) is 5.39. The molecule has 1 heterocycles. The highest BCUT2D eigenvalue weighted by Crippen LogP contribution is 2.39. The summed E-state index contributed by atoms with van der Waals surface area (Å²) in [6.45, 7) is 0.403. The maximum atomic E-state index is 13.1. The standard InChI is InChI=1S/C25H18INO5S2/c1-31-20-11-16(10-19(26)22(20)32-14-15-6-3-2-4-7-15)12-21-23(28)27(25(33)34-21)18-9-5-8-17(13-18)24(29)30/h2-13H,14H2,1H3,(H,29,30)/b21-12+. The van der Waals surface area contributed by atoms with E-state index in [-0.39, 0.29) is 11.5 Å². The second-order valence-electron chi connectivity index (χ2n) is 7.18. The number of carbonyl (C=O) groups is 2. The molecule has 172 valence electrons. The van der Waals surface area contributed by atoms with Gasteiger partial charge in [-0.1, -0.05) is 60.4 Å². The first-order valence-corrected chi connectivity index (χ1v) is 12.3. The Labute approximate surface area is 219 Å². The maximum Gasteiger partial charge on any atom is 0.335 e. The summed E-state index contributed by atoms with van der Waals surface area (Å²) in [5.74, 6) is -0.198. The van der Waals surface area contributed by atoms with E-state index in [1.165, 1.54) is 17.0 Å². The van der Waals surface area contributed by atoms with Gasteiger partial charge in [0, 0.05) is 0 Å². The van der Waals surface area contributed by atoms with E-state index in [0.29, 0.717) is 33.0 Å². The predicted molar refractivity (Wildman–Crippen MR) is 146 cm³/mol. The Kier molecular flexibility index (Phi) is 7.54. The van der Waals surface area contributed by atoms with Crippen LogP contribution < -0.4 is 14.4 Å². The van der Waals surface area contributed by atoms with E-state index >= 15 is 0 Å². The van der Waals surface area contributed by atoms with Gasteiger partial charge in [-0.15, -0.1) is 0 Å². The topological polar surface area (TPSA) is 76.1 Å². The summed E-state index contributed by atoms with van der Waals surface area (Å²) in [6.07, 6.45) is 1.74. The van der Waals surface area contributed by atoms with Crippen LogP contribution in [0.4, 0.5) is 5.69 Å². The summed E-state index contributed by atoms with van der Waals surface area (Å²) >= 11 is 8.75. The lowest BCUT2D eigenvalue weighted by Crippen LogP contribution is -2.27. The summed E-state index contributed by atoms with van der Waals surface area (Å²) in [5.41, 5.74) is 2.30. The fraction of sp³-hybridized carbons (Fsp3) is 0.0800.